The molecule has 0 saturated heterocycles. The van der Waals surface area contributed by atoms with E-state index in [1.807, 2.05) is 10.9 Å². The first-order valence-corrected chi connectivity index (χ1v) is 7.06. The van der Waals surface area contributed by atoms with Crippen LogP contribution in [0.25, 0.3) is 0 Å². The lowest BCUT2D eigenvalue weighted by molar-refractivity contribution is 0.128. The summed E-state index contributed by atoms with van der Waals surface area (Å²) in [7, 11) is 0. The molecule has 0 aliphatic carbocycles. The summed E-state index contributed by atoms with van der Waals surface area (Å²) in [5, 5.41) is 7.88. The van der Waals surface area contributed by atoms with E-state index in [9.17, 15) is 0 Å². The molecule has 0 radical (unpaired) electrons. The van der Waals surface area contributed by atoms with E-state index < -0.39 is 0 Å². The molecule has 1 aromatic rings. The number of aromatic nitrogens is 2. The Hall–Kier alpha value is -0.870. The lowest BCUT2D eigenvalue weighted by Crippen LogP contribution is -2.17. The van der Waals surface area contributed by atoms with Crippen LogP contribution in [0, 0.1) is 0 Å². The Kier molecular flexibility index (Phi) is 7.69. The van der Waals surface area contributed by atoms with E-state index >= 15 is 0 Å². The number of nitrogens with one attached hydrogen (secondary N) is 1. The molecule has 1 N–H and O–H groups in total. The summed E-state index contributed by atoms with van der Waals surface area (Å²) in [6.07, 6.45) is 5.47. The number of hydrogen-bond acceptors (Lipinski definition) is 3. The second-order valence-electron chi connectivity index (χ2n) is 4.88. The minimum atomic E-state index is 0.436. The quantitative estimate of drug-likeness (QED) is 0.652. The Labute approximate surface area is 111 Å². The van der Waals surface area contributed by atoms with Crippen LogP contribution in [0.3, 0.4) is 0 Å². The molecule has 0 aliphatic heterocycles. The van der Waals surface area contributed by atoms with Crippen LogP contribution in [0.5, 0.6) is 0 Å². The maximum Gasteiger partial charge on any atom is 0.0762 e. The van der Waals surface area contributed by atoms with Gasteiger partial charge in [0.25, 0.3) is 0 Å². The number of rotatable bonds is 10. The van der Waals surface area contributed by atoms with Crippen molar-refractivity contribution in [2.45, 2.75) is 52.6 Å². The van der Waals surface area contributed by atoms with Gasteiger partial charge in [-0.05, 0) is 39.3 Å². The summed E-state index contributed by atoms with van der Waals surface area (Å²) in [5.41, 5.74) is 1.11. The van der Waals surface area contributed by atoms with Crippen LogP contribution in [-0.2, 0) is 11.3 Å². The van der Waals surface area contributed by atoms with Gasteiger partial charge in [0.15, 0.2) is 0 Å². The Morgan fingerprint density at radius 1 is 1.33 bits per heavy atom. The highest BCUT2D eigenvalue weighted by Crippen LogP contribution is 2.03. The molecule has 0 aliphatic rings. The van der Waals surface area contributed by atoms with Crippen LogP contribution in [-0.4, -0.2) is 29.5 Å². The van der Waals surface area contributed by atoms with Crippen molar-refractivity contribution in [3.63, 3.8) is 0 Å². The topological polar surface area (TPSA) is 39.1 Å². The monoisotopic (exact) mass is 253 g/mol. The summed E-state index contributed by atoms with van der Waals surface area (Å²) in [5.74, 6) is 0. The highest BCUT2D eigenvalue weighted by atomic mass is 16.5. The first-order valence-electron chi connectivity index (χ1n) is 7.06. The van der Waals surface area contributed by atoms with Crippen LogP contribution in [0.1, 0.15) is 51.8 Å². The molecular formula is C14H27N3O. The zero-order valence-electron chi connectivity index (χ0n) is 12.0. The lowest BCUT2D eigenvalue weighted by atomic mass is 10.3. The third kappa shape index (κ3) is 6.17. The predicted molar refractivity (Wildman–Crippen MR) is 74.7 cm³/mol. The maximum absolute atomic E-state index is 5.50. The molecule has 0 atom stereocenters. The molecule has 0 bridgehead atoms. The van der Waals surface area contributed by atoms with E-state index in [-0.39, 0.29) is 0 Å². The Morgan fingerprint density at radius 3 is 2.78 bits per heavy atom. The van der Waals surface area contributed by atoms with Gasteiger partial charge in [-0.3, -0.25) is 4.68 Å². The molecular weight excluding hydrogens is 226 g/mol. The summed E-state index contributed by atoms with van der Waals surface area (Å²) < 4.78 is 7.49. The number of ether oxygens (including phenoxy) is 1. The summed E-state index contributed by atoms with van der Waals surface area (Å²) in [4.78, 5) is 0. The zero-order chi connectivity index (χ0) is 13.2. The molecule has 18 heavy (non-hydrogen) atoms. The second-order valence-corrected chi connectivity index (χ2v) is 4.88. The van der Waals surface area contributed by atoms with Crippen molar-refractivity contribution in [1.29, 1.82) is 0 Å². The van der Waals surface area contributed by atoms with Crippen molar-refractivity contribution in [2.75, 3.05) is 19.8 Å². The van der Waals surface area contributed by atoms with Gasteiger partial charge in [0, 0.05) is 32.0 Å². The van der Waals surface area contributed by atoms with Gasteiger partial charge < -0.3 is 10.1 Å². The third-order valence-corrected chi connectivity index (χ3v) is 2.78. The fourth-order valence-corrected chi connectivity index (χ4v) is 1.62. The molecule has 4 nitrogen and oxygen atoms in total. The van der Waals surface area contributed by atoms with Crippen molar-refractivity contribution >= 4 is 0 Å². The Bertz CT molecular complexity index is 310. The largest absolute Gasteiger partial charge is 0.381 e. The van der Waals surface area contributed by atoms with Gasteiger partial charge in [0.05, 0.1) is 5.69 Å². The van der Waals surface area contributed by atoms with E-state index in [0.717, 1.165) is 38.4 Å². The average molecular weight is 253 g/mol. The minimum absolute atomic E-state index is 0.436. The van der Waals surface area contributed by atoms with Crippen LogP contribution in [0.2, 0.25) is 0 Å². The fourth-order valence-electron chi connectivity index (χ4n) is 1.62. The lowest BCUT2D eigenvalue weighted by Gasteiger charge is -2.05. The van der Waals surface area contributed by atoms with E-state index in [4.69, 9.17) is 4.74 Å². The molecule has 0 saturated carbocycles. The minimum Gasteiger partial charge on any atom is -0.381 e. The fraction of sp³-hybridized carbons (Fsp3) is 0.786. The van der Waals surface area contributed by atoms with E-state index in [1.165, 1.54) is 12.8 Å². The average Bonchev–Trinajstić information content (AvgIpc) is 2.81. The van der Waals surface area contributed by atoms with Crippen molar-refractivity contribution in [3.8, 4) is 0 Å². The van der Waals surface area contributed by atoms with Crippen LogP contribution < -0.4 is 5.32 Å². The number of hydrogen-bond donors (Lipinski definition) is 1. The normalized spacial score (nSPS) is 11.3. The zero-order valence-corrected chi connectivity index (χ0v) is 12.0. The van der Waals surface area contributed by atoms with Gasteiger partial charge in [0.1, 0.15) is 0 Å². The van der Waals surface area contributed by atoms with Crippen molar-refractivity contribution < 1.29 is 4.74 Å². The molecule has 1 heterocycles. The van der Waals surface area contributed by atoms with Gasteiger partial charge >= 0.3 is 0 Å². The van der Waals surface area contributed by atoms with Crippen LogP contribution >= 0.6 is 0 Å². The van der Waals surface area contributed by atoms with E-state index in [2.05, 4.69) is 37.3 Å². The van der Waals surface area contributed by atoms with Gasteiger partial charge in [-0.1, -0.05) is 13.3 Å². The Balaban J connectivity index is 2.00. The highest BCUT2D eigenvalue weighted by Gasteiger charge is 2.01. The van der Waals surface area contributed by atoms with E-state index in [0.29, 0.717) is 6.04 Å². The smallest absolute Gasteiger partial charge is 0.0762 e. The summed E-state index contributed by atoms with van der Waals surface area (Å²) >= 11 is 0. The van der Waals surface area contributed by atoms with Gasteiger partial charge in [-0.25, -0.2) is 0 Å². The SMILES string of the molecule is CCCCOCCCNCc1ccn(C(C)C)n1. The predicted octanol–water partition coefficient (Wildman–Crippen LogP) is 2.76. The molecule has 0 spiro atoms. The first kappa shape index (κ1) is 15.2. The van der Waals surface area contributed by atoms with Crippen molar-refractivity contribution in [2.24, 2.45) is 0 Å². The molecule has 0 fully saturated rings. The van der Waals surface area contributed by atoms with Gasteiger partial charge in [-0.2, -0.15) is 5.10 Å². The highest BCUT2D eigenvalue weighted by molar-refractivity contribution is 4.98. The molecule has 104 valence electrons. The summed E-state index contributed by atoms with van der Waals surface area (Å²) in [6.45, 7) is 10.0. The van der Waals surface area contributed by atoms with Gasteiger partial charge in [-0.15, -0.1) is 0 Å². The molecule has 1 rings (SSSR count). The number of nitrogens with zero attached hydrogens (tertiary/aromatic N) is 2. The second kappa shape index (κ2) is 9.11. The van der Waals surface area contributed by atoms with Crippen LogP contribution in [0.4, 0.5) is 0 Å². The van der Waals surface area contributed by atoms with Crippen molar-refractivity contribution in [3.05, 3.63) is 18.0 Å². The van der Waals surface area contributed by atoms with Crippen LogP contribution in [0.15, 0.2) is 12.3 Å². The summed E-state index contributed by atoms with van der Waals surface area (Å²) in [6, 6.07) is 2.51. The van der Waals surface area contributed by atoms with Gasteiger partial charge in [0.2, 0.25) is 0 Å². The standard InChI is InChI=1S/C14H27N3O/c1-4-5-10-18-11-6-8-15-12-14-7-9-17(16-14)13(2)3/h7,9,13,15H,4-6,8,10-12H2,1-3H3. The molecule has 0 aromatic carbocycles. The number of unbranched alkanes of at least 4 members (excludes halogenated alkanes) is 1. The van der Waals surface area contributed by atoms with Crippen molar-refractivity contribution in [1.82, 2.24) is 15.1 Å². The molecule has 1 aromatic heterocycles. The molecule has 0 unspecified atom stereocenters. The maximum atomic E-state index is 5.50. The van der Waals surface area contributed by atoms with E-state index in [1.54, 1.807) is 0 Å². The third-order valence-electron chi connectivity index (χ3n) is 2.78. The Morgan fingerprint density at radius 2 is 2.11 bits per heavy atom. The first-order chi connectivity index (χ1) is 8.74. The molecule has 0 amide bonds. The molecule has 4 heteroatoms.